The Hall–Kier alpha value is -3.58. The summed E-state index contributed by atoms with van der Waals surface area (Å²) in [6, 6.07) is 4.47. The first-order valence-electron chi connectivity index (χ1n) is 11.6. The number of amides is 2. The number of anilines is 1. The number of hydrogen-bond acceptors (Lipinski definition) is 7. The van der Waals surface area contributed by atoms with Crippen molar-refractivity contribution >= 4 is 17.6 Å². The third kappa shape index (κ3) is 6.60. The molecule has 3 heterocycles. The van der Waals surface area contributed by atoms with Gasteiger partial charge in [0.15, 0.2) is 0 Å². The molecule has 1 aliphatic carbocycles. The van der Waals surface area contributed by atoms with E-state index in [1.165, 1.54) is 6.07 Å². The summed E-state index contributed by atoms with van der Waals surface area (Å²) < 4.78 is 69.4. The van der Waals surface area contributed by atoms with Crippen molar-refractivity contribution < 1.29 is 36.3 Å². The molecule has 3 N–H and O–H groups in total. The minimum Gasteiger partial charge on any atom is -0.463 e. The van der Waals surface area contributed by atoms with Crippen LogP contribution in [-0.4, -0.2) is 65.1 Å². The number of alkyl halides is 5. The lowest BCUT2D eigenvalue weighted by molar-refractivity contribution is -0.123. The average Bonchev–Trinajstić information content (AvgIpc) is 3.47. The van der Waals surface area contributed by atoms with E-state index in [1.54, 1.807) is 23.2 Å². The molecule has 14 heteroatoms. The number of hydrogen-bond donors (Lipinski definition) is 2. The molecule has 2 aromatic rings. The van der Waals surface area contributed by atoms with E-state index in [9.17, 15) is 31.5 Å². The summed E-state index contributed by atoms with van der Waals surface area (Å²) in [5.74, 6) is -5.33. The van der Waals surface area contributed by atoms with Crippen molar-refractivity contribution in [2.75, 3.05) is 31.1 Å². The Bertz CT molecular complexity index is 1180. The van der Waals surface area contributed by atoms with Gasteiger partial charge in [0.2, 0.25) is 0 Å². The number of carbonyl (C=O) groups excluding carboxylic acids is 2. The summed E-state index contributed by atoms with van der Waals surface area (Å²) in [4.78, 5) is 38.2. The smallest absolute Gasteiger partial charge is 0.405 e. The van der Waals surface area contributed by atoms with E-state index >= 15 is 0 Å². The number of nitrogens with zero attached hydrogens (tertiary/aromatic N) is 4. The lowest BCUT2D eigenvalue weighted by atomic mass is 9.92. The number of aromatic nitrogens is 3. The highest BCUT2D eigenvalue weighted by Crippen LogP contribution is 2.48. The second-order valence-electron chi connectivity index (χ2n) is 9.19. The molecule has 1 saturated carbocycles. The predicted molar refractivity (Wildman–Crippen MR) is 121 cm³/mol. The van der Waals surface area contributed by atoms with Crippen molar-refractivity contribution in [1.82, 2.24) is 20.3 Å². The molecule has 200 valence electrons. The van der Waals surface area contributed by atoms with Gasteiger partial charge >= 0.3 is 12.2 Å². The van der Waals surface area contributed by atoms with Crippen LogP contribution in [0.3, 0.4) is 0 Å². The molecule has 4 rings (SSSR count). The fourth-order valence-electron chi connectivity index (χ4n) is 4.08. The van der Waals surface area contributed by atoms with Gasteiger partial charge in [-0.1, -0.05) is 6.07 Å². The Morgan fingerprint density at radius 3 is 2.46 bits per heavy atom. The molecule has 0 radical (unpaired) electrons. The minimum atomic E-state index is -4.62. The van der Waals surface area contributed by atoms with Gasteiger partial charge in [0.05, 0.1) is 5.92 Å². The maximum Gasteiger partial charge on any atom is 0.405 e. The summed E-state index contributed by atoms with van der Waals surface area (Å²) in [6.45, 7) is 0.669. The number of ether oxygens (including phenoxy) is 1. The number of piperidine rings is 1. The Labute approximate surface area is 208 Å². The van der Waals surface area contributed by atoms with Crippen molar-refractivity contribution in [1.29, 1.82) is 0 Å². The van der Waals surface area contributed by atoms with Crippen molar-refractivity contribution in [3.63, 3.8) is 0 Å². The summed E-state index contributed by atoms with van der Waals surface area (Å²) in [6.07, 6.45) is -3.77. The summed E-state index contributed by atoms with van der Waals surface area (Å²) in [5.41, 5.74) is 6.61. The highest BCUT2D eigenvalue weighted by atomic mass is 19.4. The van der Waals surface area contributed by atoms with Crippen molar-refractivity contribution in [3.05, 3.63) is 40.8 Å². The van der Waals surface area contributed by atoms with Gasteiger partial charge in [0, 0.05) is 37.2 Å². The molecule has 2 fully saturated rings. The van der Waals surface area contributed by atoms with E-state index in [0.29, 0.717) is 37.2 Å². The van der Waals surface area contributed by atoms with Gasteiger partial charge in [0.1, 0.15) is 30.4 Å². The molecule has 0 bridgehead atoms. The quantitative estimate of drug-likeness (QED) is 0.505. The van der Waals surface area contributed by atoms with Gasteiger partial charge < -0.3 is 20.7 Å². The van der Waals surface area contributed by atoms with E-state index in [0.717, 1.165) is 0 Å². The molecule has 1 atom stereocenters. The maximum absolute atomic E-state index is 13.2. The van der Waals surface area contributed by atoms with Gasteiger partial charge in [-0.25, -0.2) is 13.8 Å². The SMILES string of the molecule is Cc1ccc(C2CCN(c3cc(C(=O)NCC(F)(F)F)nc(OCC4CC4(F)F)n3)CC2)nc1C(N)=O. The van der Waals surface area contributed by atoms with Crippen molar-refractivity contribution in [2.24, 2.45) is 11.7 Å². The molecular weight excluding hydrogens is 503 g/mol. The number of primary amides is 1. The second kappa shape index (κ2) is 10.1. The first kappa shape index (κ1) is 26.5. The predicted octanol–water partition coefficient (Wildman–Crippen LogP) is 2.99. The molecule has 2 aliphatic rings. The van der Waals surface area contributed by atoms with Crippen molar-refractivity contribution in [3.8, 4) is 6.01 Å². The summed E-state index contributed by atoms with van der Waals surface area (Å²) >= 11 is 0. The topological polar surface area (TPSA) is 123 Å². The lowest BCUT2D eigenvalue weighted by Gasteiger charge is -2.33. The number of nitrogens with two attached hydrogens (primary N) is 1. The third-order valence-electron chi connectivity index (χ3n) is 6.33. The second-order valence-corrected chi connectivity index (χ2v) is 9.19. The van der Waals surface area contributed by atoms with Crippen LogP contribution < -0.4 is 20.7 Å². The van der Waals surface area contributed by atoms with E-state index in [-0.39, 0.29) is 42.2 Å². The molecule has 9 nitrogen and oxygen atoms in total. The van der Waals surface area contributed by atoms with Gasteiger partial charge in [-0.3, -0.25) is 9.59 Å². The third-order valence-corrected chi connectivity index (χ3v) is 6.33. The van der Waals surface area contributed by atoms with Gasteiger partial charge in [-0.05, 0) is 31.4 Å². The minimum absolute atomic E-state index is 0.0131. The molecule has 37 heavy (non-hydrogen) atoms. The zero-order valence-corrected chi connectivity index (χ0v) is 19.8. The summed E-state index contributed by atoms with van der Waals surface area (Å²) in [7, 11) is 0. The van der Waals surface area contributed by atoms with Crippen LogP contribution in [0, 0.1) is 12.8 Å². The van der Waals surface area contributed by atoms with Crippen LogP contribution in [0.1, 0.15) is 57.4 Å². The van der Waals surface area contributed by atoms with Crippen LogP contribution in [0.25, 0.3) is 0 Å². The molecular formula is C23H25F5N6O3. The number of rotatable bonds is 8. The van der Waals surface area contributed by atoms with Crippen LogP contribution in [0.4, 0.5) is 27.8 Å². The van der Waals surface area contributed by atoms with Crippen LogP contribution in [-0.2, 0) is 0 Å². The molecule has 1 unspecified atom stereocenters. The van der Waals surface area contributed by atoms with Crippen molar-refractivity contribution in [2.45, 2.75) is 44.2 Å². The zero-order chi connectivity index (χ0) is 27.0. The average molecular weight is 528 g/mol. The zero-order valence-electron chi connectivity index (χ0n) is 19.8. The molecule has 1 aliphatic heterocycles. The molecule has 1 saturated heterocycles. The molecule has 2 aromatic heterocycles. The van der Waals surface area contributed by atoms with Gasteiger partial charge in [-0.15, -0.1) is 0 Å². The largest absolute Gasteiger partial charge is 0.463 e. The number of aryl methyl sites for hydroxylation is 1. The fraction of sp³-hybridized carbons (Fsp3) is 0.522. The molecule has 2 amide bonds. The number of carbonyl (C=O) groups is 2. The Morgan fingerprint density at radius 1 is 1.19 bits per heavy atom. The van der Waals surface area contributed by atoms with Gasteiger partial charge in [-0.2, -0.15) is 23.1 Å². The van der Waals surface area contributed by atoms with Crippen LogP contribution >= 0.6 is 0 Å². The van der Waals surface area contributed by atoms with Crippen LogP contribution in [0.15, 0.2) is 18.2 Å². The van der Waals surface area contributed by atoms with E-state index < -0.39 is 36.4 Å². The first-order chi connectivity index (χ1) is 17.3. The molecule has 0 aromatic carbocycles. The van der Waals surface area contributed by atoms with Crippen LogP contribution in [0.2, 0.25) is 0 Å². The Morgan fingerprint density at radius 2 is 1.86 bits per heavy atom. The van der Waals surface area contributed by atoms with E-state index in [4.69, 9.17) is 10.5 Å². The Kier molecular flexibility index (Phi) is 7.20. The van der Waals surface area contributed by atoms with Gasteiger partial charge in [0.25, 0.3) is 17.7 Å². The number of nitrogens with one attached hydrogen (secondary N) is 1. The maximum atomic E-state index is 13.2. The highest BCUT2D eigenvalue weighted by Gasteiger charge is 2.57. The van der Waals surface area contributed by atoms with Crippen LogP contribution in [0.5, 0.6) is 6.01 Å². The standard InChI is InChI=1S/C23H25F5N6O3/c1-12-2-3-15(31-18(12)19(29)35)13-4-6-34(7-5-13)17-8-16(20(36)30-11-23(26,27)28)32-21(33-17)37-10-14-9-22(14,24)25/h2-3,8,13-14H,4-7,9-11H2,1H3,(H2,29,35)(H,30,36). The Balaban J connectivity index is 1.49. The highest BCUT2D eigenvalue weighted by molar-refractivity contribution is 5.93. The monoisotopic (exact) mass is 528 g/mol. The fourth-order valence-corrected chi connectivity index (χ4v) is 4.08. The number of pyridine rings is 1. The number of halogens is 5. The normalized spacial score (nSPS) is 19.4. The lowest BCUT2D eigenvalue weighted by Crippen LogP contribution is -2.36. The van der Waals surface area contributed by atoms with E-state index in [2.05, 4.69) is 15.0 Å². The molecule has 0 spiro atoms. The first-order valence-corrected chi connectivity index (χ1v) is 11.6. The summed E-state index contributed by atoms with van der Waals surface area (Å²) in [5, 5.41) is 1.74. The van der Waals surface area contributed by atoms with E-state index in [1.807, 2.05) is 6.07 Å².